The maximum atomic E-state index is 13.1. The van der Waals surface area contributed by atoms with E-state index in [0.717, 1.165) is 16.4 Å². The predicted octanol–water partition coefficient (Wildman–Crippen LogP) is 2.72. The molecule has 174 valence electrons. The van der Waals surface area contributed by atoms with Gasteiger partial charge in [-0.25, -0.2) is 0 Å². The smallest absolute Gasteiger partial charge is 0.435 e. The van der Waals surface area contributed by atoms with Crippen LogP contribution in [0.3, 0.4) is 0 Å². The van der Waals surface area contributed by atoms with E-state index in [0.29, 0.717) is 11.5 Å². The Kier molecular flexibility index (Phi) is 6.12. The lowest BCUT2D eigenvalue weighted by Gasteiger charge is -2.34. The van der Waals surface area contributed by atoms with E-state index in [1.165, 1.54) is 18.0 Å². The molecule has 1 fully saturated rings. The third-order valence-corrected chi connectivity index (χ3v) is 5.24. The molecule has 0 N–H and O–H groups in total. The van der Waals surface area contributed by atoms with Crippen molar-refractivity contribution in [3.05, 3.63) is 59.4 Å². The van der Waals surface area contributed by atoms with Gasteiger partial charge in [-0.15, -0.1) is 0 Å². The molecule has 0 unspecified atom stereocenters. The molecule has 1 aromatic carbocycles. The number of alkyl halides is 3. The van der Waals surface area contributed by atoms with E-state index < -0.39 is 23.3 Å². The molecule has 0 aliphatic carbocycles. The van der Waals surface area contributed by atoms with Crippen LogP contribution >= 0.6 is 0 Å². The van der Waals surface area contributed by atoms with Crippen molar-refractivity contribution < 1.29 is 32.2 Å². The molecule has 2 aliphatic heterocycles. The van der Waals surface area contributed by atoms with Crippen LogP contribution in [0.25, 0.3) is 6.08 Å². The zero-order valence-electron chi connectivity index (χ0n) is 17.7. The molecule has 0 radical (unpaired) electrons. The van der Waals surface area contributed by atoms with Crippen LogP contribution in [-0.2, 0) is 18.0 Å². The number of carbonyl (C=O) groups is 2. The Hall–Kier alpha value is -3.76. The summed E-state index contributed by atoms with van der Waals surface area (Å²) < 4.78 is 51.0. The summed E-state index contributed by atoms with van der Waals surface area (Å²) in [7, 11) is 1.33. The molecule has 0 atom stereocenters. The number of rotatable bonds is 4. The Balaban J connectivity index is 1.31. The van der Waals surface area contributed by atoms with Crippen LogP contribution in [0, 0.1) is 0 Å². The second kappa shape index (κ2) is 9.00. The fourth-order valence-corrected chi connectivity index (χ4v) is 3.58. The number of allylic oxidation sites excluding steroid dienone is 2. The van der Waals surface area contributed by atoms with Gasteiger partial charge in [0, 0.05) is 45.5 Å². The van der Waals surface area contributed by atoms with Crippen molar-refractivity contribution in [3.63, 3.8) is 0 Å². The van der Waals surface area contributed by atoms with Gasteiger partial charge in [0.2, 0.25) is 12.7 Å². The number of ether oxygens (including phenoxy) is 2. The van der Waals surface area contributed by atoms with Gasteiger partial charge in [0.05, 0.1) is 5.56 Å². The number of piperazine rings is 1. The van der Waals surface area contributed by atoms with E-state index in [-0.39, 0.29) is 38.9 Å². The first-order valence-corrected chi connectivity index (χ1v) is 10.2. The van der Waals surface area contributed by atoms with Gasteiger partial charge >= 0.3 is 6.18 Å². The molecular weight excluding hydrogens is 441 g/mol. The number of amides is 2. The van der Waals surface area contributed by atoms with Gasteiger partial charge in [-0.2, -0.15) is 18.3 Å². The average molecular weight is 462 g/mol. The third-order valence-electron chi connectivity index (χ3n) is 5.24. The topological polar surface area (TPSA) is 76.9 Å². The quantitative estimate of drug-likeness (QED) is 0.516. The summed E-state index contributed by atoms with van der Waals surface area (Å²) in [5.41, 5.74) is -0.805. The number of fused-ring (bicyclic) bond motifs is 1. The van der Waals surface area contributed by atoms with Crippen LogP contribution in [0.2, 0.25) is 0 Å². The Morgan fingerprint density at radius 2 is 1.73 bits per heavy atom. The monoisotopic (exact) mass is 462 g/mol. The molecule has 1 aromatic heterocycles. The zero-order chi connectivity index (χ0) is 23.6. The first kappa shape index (κ1) is 22.4. The summed E-state index contributed by atoms with van der Waals surface area (Å²) in [5, 5.41) is 3.37. The summed E-state index contributed by atoms with van der Waals surface area (Å²) >= 11 is 0. The number of nitrogens with zero attached hydrogens (tertiary/aromatic N) is 4. The number of benzene rings is 1. The lowest BCUT2D eigenvalue weighted by atomic mass is 10.2. The van der Waals surface area contributed by atoms with Crippen LogP contribution in [0.5, 0.6) is 11.5 Å². The lowest BCUT2D eigenvalue weighted by Crippen LogP contribution is -2.50. The molecule has 2 aromatic rings. The minimum Gasteiger partial charge on any atom is -0.454 e. The van der Waals surface area contributed by atoms with Gasteiger partial charge in [0.15, 0.2) is 17.2 Å². The molecule has 4 rings (SSSR count). The van der Waals surface area contributed by atoms with E-state index >= 15 is 0 Å². The van der Waals surface area contributed by atoms with Crippen LogP contribution in [0.15, 0.2) is 42.6 Å². The number of aromatic nitrogens is 2. The molecule has 33 heavy (non-hydrogen) atoms. The molecule has 8 nitrogen and oxygen atoms in total. The molecule has 0 spiro atoms. The van der Waals surface area contributed by atoms with Gasteiger partial charge in [-0.05, 0) is 17.7 Å². The Bertz CT molecular complexity index is 1120. The highest BCUT2D eigenvalue weighted by atomic mass is 19.4. The molecule has 1 saturated heterocycles. The standard InChI is InChI=1S/C22H21F3N4O4/c1-27-13-16(20(26-27)22(23,24)25)21(31)29-10-8-28(9-11-29)19(30)5-3-2-4-15-6-7-17-18(12-15)33-14-32-17/h2-7,12-13H,8-11,14H2,1H3/b4-2+,5-3+. The van der Waals surface area contributed by atoms with Gasteiger partial charge < -0.3 is 19.3 Å². The molecule has 2 aliphatic rings. The van der Waals surface area contributed by atoms with Crippen LogP contribution in [-0.4, -0.2) is 64.4 Å². The molecule has 2 amide bonds. The first-order chi connectivity index (χ1) is 15.7. The SMILES string of the molecule is Cn1cc(C(=O)N2CCN(C(=O)/C=C/C=C/c3ccc4c(c3)OCO4)CC2)c(C(F)(F)F)n1. The summed E-state index contributed by atoms with van der Waals surface area (Å²) in [6.07, 6.45) is 2.89. The number of halogens is 3. The van der Waals surface area contributed by atoms with Crippen molar-refractivity contribution in [2.75, 3.05) is 33.0 Å². The fraction of sp³-hybridized carbons (Fsp3) is 0.318. The second-order valence-corrected chi connectivity index (χ2v) is 7.51. The van der Waals surface area contributed by atoms with E-state index in [1.807, 2.05) is 18.2 Å². The first-order valence-electron chi connectivity index (χ1n) is 10.2. The van der Waals surface area contributed by atoms with Gasteiger partial charge in [-0.3, -0.25) is 14.3 Å². The van der Waals surface area contributed by atoms with Gasteiger partial charge in [0.25, 0.3) is 5.91 Å². The van der Waals surface area contributed by atoms with Crippen molar-refractivity contribution in [1.82, 2.24) is 19.6 Å². The molecule has 0 bridgehead atoms. The van der Waals surface area contributed by atoms with E-state index in [2.05, 4.69) is 5.10 Å². The summed E-state index contributed by atoms with van der Waals surface area (Å²) in [4.78, 5) is 27.9. The predicted molar refractivity (Wildman–Crippen MR) is 111 cm³/mol. The van der Waals surface area contributed by atoms with Gasteiger partial charge in [0.1, 0.15) is 0 Å². The van der Waals surface area contributed by atoms with Crippen molar-refractivity contribution in [3.8, 4) is 11.5 Å². The minimum atomic E-state index is -4.72. The van der Waals surface area contributed by atoms with Crippen molar-refractivity contribution in [2.45, 2.75) is 6.18 Å². The summed E-state index contributed by atoms with van der Waals surface area (Å²) in [5.74, 6) is 0.367. The van der Waals surface area contributed by atoms with Crippen molar-refractivity contribution >= 4 is 17.9 Å². The lowest BCUT2D eigenvalue weighted by molar-refractivity contribution is -0.141. The number of hydrogen-bond donors (Lipinski definition) is 0. The number of carbonyl (C=O) groups excluding carboxylic acids is 2. The zero-order valence-corrected chi connectivity index (χ0v) is 17.7. The normalized spacial score (nSPS) is 16.2. The maximum Gasteiger partial charge on any atom is 0.435 e. The largest absolute Gasteiger partial charge is 0.454 e. The second-order valence-electron chi connectivity index (χ2n) is 7.51. The highest BCUT2D eigenvalue weighted by Gasteiger charge is 2.40. The van der Waals surface area contributed by atoms with E-state index in [4.69, 9.17) is 9.47 Å². The van der Waals surface area contributed by atoms with E-state index in [9.17, 15) is 22.8 Å². The fourth-order valence-electron chi connectivity index (χ4n) is 3.58. The molecular formula is C22H21F3N4O4. The Labute approximate surface area is 187 Å². The minimum absolute atomic E-state index is 0.137. The summed E-state index contributed by atoms with van der Waals surface area (Å²) in [6, 6.07) is 5.50. The van der Waals surface area contributed by atoms with Crippen LogP contribution in [0.1, 0.15) is 21.6 Å². The number of aryl methyl sites for hydroxylation is 1. The highest BCUT2D eigenvalue weighted by Crippen LogP contribution is 2.33. The van der Waals surface area contributed by atoms with Gasteiger partial charge in [-0.1, -0.05) is 24.3 Å². The Morgan fingerprint density at radius 1 is 1.03 bits per heavy atom. The van der Waals surface area contributed by atoms with Crippen LogP contribution < -0.4 is 9.47 Å². The Morgan fingerprint density at radius 3 is 2.45 bits per heavy atom. The highest BCUT2D eigenvalue weighted by molar-refractivity contribution is 5.95. The third kappa shape index (κ3) is 5.02. The average Bonchev–Trinajstić information content (AvgIpc) is 3.42. The molecule has 11 heteroatoms. The maximum absolute atomic E-state index is 13.1. The molecule has 0 saturated carbocycles. The van der Waals surface area contributed by atoms with Crippen molar-refractivity contribution in [1.29, 1.82) is 0 Å². The number of hydrogen-bond acceptors (Lipinski definition) is 5. The summed E-state index contributed by atoms with van der Waals surface area (Å²) in [6.45, 7) is 0.918. The van der Waals surface area contributed by atoms with E-state index in [1.54, 1.807) is 23.1 Å². The molecule has 3 heterocycles. The van der Waals surface area contributed by atoms with Crippen LogP contribution in [0.4, 0.5) is 13.2 Å². The van der Waals surface area contributed by atoms with Crippen molar-refractivity contribution in [2.24, 2.45) is 7.05 Å².